The largest absolute Gasteiger partial charge is 0.493 e. The number of hydrogen-bond donors (Lipinski definition) is 3. The normalized spacial score (nSPS) is 18.9. The molecule has 58 heavy (non-hydrogen) atoms. The average molecular weight is 836 g/mol. The van der Waals surface area contributed by atoms with E-state index in [1.54, 1.807) is 12.1 Å². The molecular weight excluding hydrogens is 786 g/mol. The number of sulfone groups is 1. The molecule has 310 valence electrons. The minimum atomic E-state index is -3.48. The smallest absolute Gasteiger partial charge is 0.320 e. The zero-order valence-electron chi connectivity index (χ0n) is 32.9. The molecular formula is C43H50ClN3O10S. The zero-order valence-corrected chi connectivity index (χ0v) is 34.5. The van der Waals surface area contributed by atoms with E-state index >= 15 is 0 Å². The Labute approximate surface area is 344 Å². The van der Waals surface area contributed by atoms with E-state index in [9.17, 15) is 33.3 Å². The van der Waals surface area contributed by atoms with Gasteiger partial charge in [0.2, 0.25) is 0 Å². The number of aliphatic hydroxyl groups excluding tert-OH is 1. The lowest BCUT2D eigenvalue weighted by Crippen LogP contribution is -2.44. The first-order valence-electron chi connectivity index (χ1n) is 19.3. The molecule has 2 fully saturated rings. The molecule has 3 atom stereocenters. The zero-order chi connectivity index (χ0) is 41.6. The Balaban J connectivity index is 1.17. The molecule has 3 heterocycles. The molecule has 4 aromatic rings. The molecule has 2 unspecified atom stereocenters. The minimum absolute atomic E-state index is 0.00582. The number of hydrogen-bond acceptors (Lipinski definition) is 11. The number of likely N-dealkylation sites (tertiary alicyclic amines) is 2. The fourth-order valence-corrected chi connectivity index (χ4v) is 8.50. The van der Waals surface area contributed by atoms with Crippen LogP contribution >= 0.6 is 11.6 Å². The van der Waals surface area contributed by atoms with Crippen molar-refractivity contribution >= 4 is 33.4 Å². The van der Waals surface area contributed by atoms with Crippen LogP contribution < -0.4 is 14.2 Å². The van der Waals surface area contributed by atoms with Crippen LogP contribution in [0.2, 0.25) is 5.02 Å². The van der Waals surface area contributed by atoms with E-state index in [4.69, 9.17) is 25.8 Å². The lowest BCUT2D eigenvalue weighted by molar-refractivity contribution is -0.145. The number of carboxylic acid groups (broad SMARTS) is 2. The maximum absolute atomic E-state index is 12.2. The molecule has 2 saturated heterocycles. The van der Waals surface area contributed by atoms with Gasteiger partial charge in [-0.25, -0.2) is 8.42 Å². The molecule has 2 aliphatic rings. The van der Waals surface area contributed by atoms with Crippen molar-refractivity contribution in [1.82, 2.24) is 14.8 Å². The SMILES string of the molecule is Cc1c(COc2cc(OCc3cncc(S(C)(=O)=O)c3)c(CN3CCCC[C@H]3C(=O)O)cc2Cl)cccc1-c1cccc(OCCCN2CC(O)C(C(=O)O)C2)c1C. The standard InChI is InChI=1S/C43H50ClN3O10S/c1-27-30(9-6-10-33(27)34-11-7-13-39(28(34)2)55-16-8-14-46-23-35(42(49)50)38(48)24-46)26-57-41-19-40(56-25-29-17-32(21-45-20-29)58(3,53)54)31(18-36(41)44)22-47-15-5-4-12-37(47)43(51)52/h6-7,9-11,13,17-21,35,37-38,48H,4-5,8,12,14-16,22-26H2,1-3H3,(H,49,50)(H,51,52)/t35?,37-,38?/m0/s1. The van der Waals surface area contributed by atoms with Crippen LogP contribution in [0.4, 0.5) is 0 Å². The van der Waals surface area contributed by atoms with E-state index in [-0.39, 0.29) is 24.7 Å². The fourth-order valence-electron chi connectivity index (χ4n) is 7.64. The van der Waals surface area contributed by atoms with Gasteiger partial charge in [-0.3, -0.25) is 24.4 Å². The third-order valence-corrected chi connectivity index (χ3v) is 12.3. The molecule has 0 spiro atoms. The van der Waals surface area contributed by atoms with Crippen molar-refractivity contribution in [3.05, 3.63) is 99.8 Å². The number of aliphatic carboxylic acids is 2. The van der Waals surface area contributed by atoms with Crippen LogP contribution in [-0.2, 0) is 39.2 Å². The van der Waals surface area contributed by atoms with E-state index in [0.717, 1.165) is 52.7 Å². The lowest BCUT2D eigenvalue weighted by Gasteiger charge is -2.33. The van der Waals surface area contributed by atoms with Gasteiger partial charge in [-0.15, -0.1) is 0 Å². The highest BCUT2D eigenvalue weighted by molar-refractivity contribution is 7.90. The van der Waals surface area contributed by atoms with Gasteiger partial charge in [-0.2, -0.15) is 0 Å². The second kappa shape index (κ2) is 18.9. The van der Waals surface area contributed by atoms with Crippen LogP contribution in [0, 0.1) is 19.8 Å². The molecule has 15 heteroatoms. The average Bonchev–Trinajstić information content (AvgIpc) is 3.57. The quantitative estimate of drug-likeness (QED) is 0.103. The predicted molar refractivity (Wildman–Crippen MR) is 218 cm³/mol. The molecule has 0 bridgehead atoms. The Morgan fingerprint density at radius 3 is 2.33 bits per heavy atom. The molecule has 3 aromatic carbocycles. The number of halogens is 1. The molecule has 0 radical (unpaired) electrons. The maximum atomic E-state index is 12.2. The van der Waals surface area contributed by atoms with E-state index in [1.165, 1.54) is 18.5 Å². The summed E-state index contributed by atoms with van der Waals surface area (Å²) in [5.74, 6) is -1.07. The Morgan fingerprint density at radius 1 is 0.862 bits per heavy atom. The summed E-state index contributed by atoms with van der Waals surface area (Å²) in [4.78, 5) is 31.5. The number of nitrogens with zero attached hydrogens (tertiary/aromatic N) is 3. The van der Waals surface area contributed by atoms with Crippen LogP contribution in [0.3, 0.4) is 0 Å². The Morgan fingerprint density at radius 2 is 1.60 bits per heavy atom. The number of pyridine rings is 1. The number of β-amino-alcohol motifs (C(OH)–C–C–N with tert-alkyl or cyclic N) is 1. The van der Waals surface area contributed by atoms with Gasteiger partial charge in [0.25, 0.3) is 0 Å². The number of piperidine rings is 1. The first-order chi connectivity index (χ1) is 27.7. The van der Waals surface area contributed by atoms with Crippen LogP contribution in [0.1, 0.15) is 53.5 Å². The summed E-state index contributed by atoms with van der Waals surface area (Å²) in [7, 11) is -3.48. The lowest BCUT2D eigenvalue weighted by atomic mass is 9.93. The van der Waals surface area contributed by atoms with Crippen molar-refractivity contribution in [2.45, 2.75) is 76.3 Å². The number of benzene rings is 3. The van der Waals surface area contributed by atoms with Gasteiger partial charge in [0.05, 0.1) is 28.5 Å². The van der Waals surface area contributed by atoms with E-state index < -0.39 is 39.8 Å². The number of carboxylic acids is 2. The van der Waals surface area contributed by atoms with E-state index in [2.05, 4.69) is 11.1 Å². The fraction of sp³-hybridized carbons (Fsp3) is 0.419. The Kier molecular flexibility index (Phi) is 14.0. The monoisotopic (exact) mass is 835 g/mol. The molecule has 0 amide bonds. The van der Waals surface area contributed by atoms with Crippen molar-refractivity contribution in [1.29, 1.82) is 0 Å². The highest BCUT2D eigenvalue weighted by Crippen LogP contribution is 2.37. The number of carbonyl (C=O) groups is 2. The number of rotatable bonds is 17. The molecule has 2 aliphatic heterocycles. The maximum Gasteiger partial charge on any atom is 0.320 e. The third-order valence-electron chi connectivity index (χ3n) is 10.9. The molecule has 6 rings (SSSR count). The van der Waals surface area contributed by atoms with Crippen LogP contribution in [0.5, 0.6) is 17.2 Å². The molecule has 0 saturated carbocycles. The summed E-state index contributed by atoms with van der Waals surface area (Å²) >= 11 is 6.85. The second-order valence-electron chi connectivity index (χ2n) is 15.1. The summed E-state index contributed by atoms with van der Waals surface area (Å²) in [6.07, 6.45) is 6.01. The van der Waals surface area contributed by atoms with Gasteiger partial charge in [0, 0.05) is 62.0 Å². The summed E-state index contributed by atoms with van der Waals surface area (Å²) in [5, 5.41) is 29.6. The van der Waals surface area contributed by atoms with Crippen molar-refractivity contribution in [2.75, 3.05) is 39.0 Å². The van der Waals surface area contributed by atoms with Crippen molar-refractivity contribution in [3.63, 3.8) is 0 Å². The highest BCUT2D eigenvalue weighted by Gasteiger charge is 2.36. The Hall–Kier alpha value is -4.73. The van der Waals surface area contributed by atoms with Gasteiger partial charge in [-0.05, 0) is 85.7 Å². The first kappa shape index (κ1) is 42.9. The third kappa shape index (κ3) is 10.5. The van der Waals surface area contributed by atoms with Crippen LogP contribution in [0.25, 0.3) is 11.1 Å². The van der Waals surface area contributed by atoms with E-state index in [1.807, 2.05) is 54.0 Å². The van der Waals surface area contributed by atoms with Crippen molar-refractivity contribution in [2.24, 2.45) is 5.92 Å². The van der Waals surface area contributed by atoms with Gasteiger partial charge < -0.3 is 29.5 Å². The van der Waals surface area contributed by atoms with Crippen LogP contribution in [-0.4, -0.2) is 102 Å². The molecule has 13 nitrogen and oxygen atoms in total. The van der Waals surface area contributed by atoms with Crippen molar-refractivity contribution in [3.8, 4) is 28.4 Å². The van der Waals surface area contributed by atoms with Gasteiger partial charge >= 0.3 is 11.9 Å². The molecule has 1 aromatic heterocycles. The topological polar surface area (TPSA) is 176 Å². The number of aliphatic hydroxyl groups is 1. The van der Waals surface area contributed by atoms with Gasteiger partial charge in [0.15, 0.2) is 9.84 Å². The molecule has 0 aliphatic carbocycles. The first-order valence-corrected chi connectivity index (χ1v) is 21.6. The Bertz CT molecular complexity index is 2240. The summed E-state index contributed by atoms with van der Waals surface area (Å²) in [6, 6.07) is 16.3. The summed E-state index contributed by atoms with van der Waals surface area (Å²) < 4.78 is 43.2. The van der Waals surface area contributed by atoms with Crippen molar-refractivity contribution < 1.29 is 47.5 Å². The minimum Gasteiger partial charge on any atom is -0.493 e. The molecule has 3 N–H and O–H groups in total. The van der Waals surface area contributed by atoms with Gasteiger partial charge in [-0.1, -0.05) is 48.4 Å². The number of ether oxygens (including phenoxy) is 3. The van der Waals surface area contributed by atoms with E-state index in [0.29, 0.717) is 73.3 Å². The summed E-state index contributed by atoms with van der Waals surface area (Å²) in [6.45, 7) is 6.87. The second-order valence-corrected chi connectivity index (χ2v) is 17.5. The van der Waals surface area contributed by atoms with Crippen LogP contribution in [0.15, 0.2) is 71.9 Å². The van der Waals surface area contributed by atoms with Gasteiger partial charge in [0.1, 0.15) is 36.5 Å². The predicted octanol–water partition coefficient (Wildman–Crippen LogP) is 6.17. The highest BCUT2D eigenvalue weighted by atomic mass is 35.5. The summed E-state index contributed by atoms with van der Waals surface area (Å²) in [5.41, 5.74) is 6.16. The number of aromatic nitrogens is 1.